The standard InChI is InChI=1S/C30H20ClN5O7/c1-40-23-8-5-9-24-21(23)14-26(42-24)29-34-22-7-4-3-6-20(22)30(37)35(29)33-15-17-12-18(31)13-25(41-2)28(17)43-27-11-10-19(16-32-27)36(38)39/h3-16H,1-2H3. The van der Waals surface area contributed by atoms with E-state index in [0.29, 0.717) is 38.2 Å². The lowest BCUT2D eigenvalue weighted by molar-refractivity contribution is -0.385. The molecule has 0 N–H and O–H groups in total. The van der Waals surface area contributed by atoms with E-state index in [1.54, 1.807) is 61.7 Å². The van der Waals surface area contributed by atoms with Crippen LogP contribution in [0, 0.1) is 10.1 Å². The van der Waals surface area contributed by atoms with Crippen molar-refractivity contribution in [2.75, 3.05) is 14.2 Å². The monoisotopic (exact) mass is 597 g/mol. The molecule has 6 rings (SSSR count). The second-order valence-electron chi connectivity index (χ2n) is 9.04. The molecule has 43 heavy (non-hydrogen) atoms. The van der Waals surface area contributed by atoms with Crippen LogP contribution >= 0.6 is 11.6 Å². The van der Waals surface area contributed by atoms with Crippen LogP contribution in [0.4, 0.5) is 5.69 Å². The molecule has 0 unspecified atom stereocenters. The molecular weight excluding hydrogens is 578 g/mol. The Morgan fingerprint density at radius 1 is 1.00 bits per heavy atom. The van der Waals surface area contributed by atoms with Crippen molar-refractivity contribution in [1.82, 2.24) is 14.6 Å². The second kappa shape index (κ2) is 11.3. The predicted octanol–water partition coefficient (Wildman–Crippen LogP) is 6.46. The normalized spacial score (nSPS) is 11.3. The summed E-state index contributed by atoms with van der Waals surface area (Å²) in [5, 5.41) is 16.9. The van der Waals surface area contributed by atoms with Crippen LogP contribution in [-0.2, 0) is 0 Å². The van der Waals surface area contributed by atoms with E-state index in [1.165, 1.54) is 31.5 Å². The molecule has 0 atom stereocenters. The highest BCUT2D eigenvalue weighted by molar-refractivity contribution is 6.31. The van der Waals surface area contributed by atoms with E-state index < -0.39 is 10.5 Å². The number of hydrogen-bond acceptors (Lipinski definition) is 10. The predicted molar refractivity (Wildman–Crippen MR) is 160 cm³/mol. The maximum atomic E-state index is 13.7. The van der Waals surface area contributed by atoms with Crippen LogP contribution < -0.4 is 19.8 Å². The van der Waals surface area contributed by atoms with Gasteiger partial charge in [0.2, 0.25) is 11.7 Å². The van der Waals surface area contributed by atoms with Gasteiger partial charge in [-0.3, -0.25) is 14.9 Å². The number of rotatable bonds is 8. The number of benzene rings is 3. The van der Waals surface area contributed by atoms with Gasteiger partial charge >= 0.3 is 0 Å². The van der Waals surface area contributed by atoms with E-state index >= 15 is 0 Å². The minimum atomic E-state index is -0.567. The number of hydrogen-bond donors (Lipinski definition) is 0. The zero-order valence-electron chi connectivity index (χ0n) is 22.6. The van der Waals surface area contributed by atoms with Gasteiger partial charge in [-0.2, -0.15) is 9.78 Å². The Bertz CT molecular complexity index is 2110. The third-order valence-electron chi connectivity index (χ3n) is 6.43. The molecule has 12 nitrogen and oxygen atoms in total. The molecule has 0 radical (unpaired) electrons. The lowest BCUT2D eigenvalue weighted by Crippen LogP contribution is -2.20. The molecule has 214 valence electrons. The summed E-state index contributed by atoms with van der Waals surface area (Å²) in [4.78, 5) is 32.9. The Hall–Kier alpha value is -5.75. The van der Waals surface area contributed by atoms with Crippen LogP contribution in [0.15, 0.2) is 93.3 Å². The zero-order valence-corrected chi connectivity index (χ0v) is 23.3. The Morgan fingerprint density at radius 2 is 1.81 bits per heavy atom. The summed E-state index contributed by atoms with van der Waals surface area (Å²) in [6.07, 6.45) is 2.43. The first kappa shape index (κ1) is 27.4. The van der Waals surface area contributed by atoms with Crippen molar-refractivity contribution in [2.45, 2.75) is 0 Å². The number of nitro groups is 1. The van der Waals surface area contributed by atoms with Crippen molar-refractivity contribution < 1.29 is 23.6 Å². The highest BCUT2D eigenvalue weighted by Crippen LogP contribution is 2.37. The van der Waals surface area contributed by atoms with Gasteiger partial charge in [0.25, 0.3) is 11.2 Å². The van der Waals surface area contributed by atoms with Gasteiger partial charge in [-0.15, -0.1) is 0 Å². The topological polar surface area (TPSA) is 144 Å². The van der Waals surface area contributed by atoms with Crippen molar-refractivity contribution in [2.24, 2.45) is 5.10 Å². The van der Waals surface area contributed by atoms with E-state index in [4.69, 9.17) is 35.2 Å². The number of fused-ring (bicyclic) bond motifs is 2. The molecule has 3 aromatic heterocycles. The molecule has 13 heteroatoms. The summed E-state index contributed by atoms with van der Waals surface area (Å²) in [7, 11) is 2.98. The van der Waals surface area contributed by atoms with Gasteiger partial charge in [0.05, 0.1) is 41.6 Å². The Balaban J connectivity index is 1.50. The molecular formula is C30H20ClN5O7. The first-order chi connectivity index (χ1) is 20.9. The molecule has 0 aliphatic rings. The number of para-hydroxylation sites is 1. The molecule has 0 spiro atoms. The molecule has 0 saturated heterocycles. The van der Waals surface area contributed by atoms with Gasteiger partial charge in [0.15, 0.2) is 17.3 Å². The number of pyridine rings is 1. The number of methoxy groups -OCH3 is 2. The van der Waals surface area contributed by atoms with E-state index in [2.05, 4.69) is 10.1 Å². The average Bonchev–Trinajstić information content (AvgIpc) is 3.46. The highest BCUT2D eigenvalue weighted by atomic mass is 35.5. The van der Waals surface area contributed by atoms with Crippen molar-refractivity contribution in [3.05, 3.63) is 110 Å². The molecule has 0 fully saturated rings. The lowest BCUT2D eigenvalue weighted by Gasteiger charge is -2.13. The fraction of sp³-hybridized carbons (Fsp3) is 0.0667. The fourth-order valence-electron chi connectivity index (χ4n) is 4.42. The summed E-state index contributed by atoms with van der Waals surface area (Å²) < 4.78 is 24.1. The Morgan fingerprint density at radius 3 is 2.56 bits per heavy atom. The molecule has 0 bridgehead atoms. The Labute approximate surface area is 247 Å². The van der Waals surface area contributed by atoms with Crippen LogP contribution in [0.1, 0.15) is 5.56 Å². The lowest BCUT2D eigenvalue weighted by atomic mass is 10.2. The summed E-state index contributed by atoms with van der Waals surface area (Å²) in [5.41, 5.74) is 0.674. The fourth-order valence-corrected chi connectivity index (χ4v) is 4.64. The third kappa shape index (κ3) is 5.22. The molecule has 3 aromatic carbocycles. The number of ether oxygens (including phenoxy) is 3. The maximum Gasteiger partial charge on any atom is 0.287 e. The molecule has 0 saturated carbocycles. The number of nitrogens with zero attached hydrogens (tertiary/aromatic N) is 5. The number of halogens is 1. The zero-order chi connectivity index (χ0) is 30.1. The van der Waals surface area contributed by atoms with Crippen LogP contribution in [0.5, 0.6) is 23.1 Å². The van der Waals surface area contributed by atoms with Gasteiger partial charge < -0.3 is 18.6 Å². The first-order valence-corrected chi connectivity index (χ1v) is 13.0. The number of furan rings is 1. The van der Waals surface area contributed by atoms with E-state index in [9.17, 15) is 14.9 Å². The average molecular weight is 598 g/mol. The first-order valence-electron chi connectivity index (χ1n) is 12.6. The largest absolute Gasteiger partial charge is 0.496 e. The van der Waals surface area contributed by atoms with Gasteiger partial charge in [-0.1, -0.05) is 29.8 Å². The molecule has 0 amide bonds. The summed E-state index contributed by atoms with van der Waals surface area (Å²) in [5.74, 6) is 1.48. The van der Waals surface area contributed by atoms with Crippen molar-refractivity contribution in [3.63, 3.8) is 0 Å². The number of aromatic nitrogens is 3. The smallest absolute Gasteiger partial charge is 0.287 e. The summed E-state index contributed by atoms with van der Waals surface area (Å²) in [6, 6.07) is 19.7. The van der Waals surface area contributed by atoms with Crippen molar-refractivity contribution >= 4 is 45.4 Å². The van der Waals surface area contributed by atoms with Gasteiger partial charge in [-0.25, -0.2) is 9.97 Å². The maximum absolute atomic E-state index is 13.7. The van der Waals surface area contributed by atoms with Crippen LogP contribution in [0.2, 0.25) is 5.02 Å². The summed E-state index contributed by atoms with van der Waals surface area (Å²) in [6.45, 7) is 0. The highest BCUT2D eigenvalue weighted by Gasteiger charge is 2.19. The quantitative estimate of drug-likeness (QED) is 0.110. The van der Waals surface area contributed by atoms with E-state index in [-0.39, 0.29) is 34.7 Å². The van der Waals surface area contributed by atoms with E-state index in [0.717, 1.165) is 10.9 Å². The molecule has 6 aromatic rings. The minimum Gasteiger partial charge on any atom is -0.496 e. The molecule has 3 heterocycles. The molecule has 0 aliphatic carbocycles. The van der Waals surface area contributed by atoms with Crippen LogP contribution in [0.3, 0.4) is 0 Å². The van der Waals surface area contributed by atoms with Gasteiger partial charge in [0.1, 0.15) is 17.5 Å². The van der Waals surface area contributed by atoms with Crippen LogP contribution in [-0.4, -0.2) is 40.0 Å². The van der Waals surface area contributed by atoms with Crippen molar-refractivity contribution in [1.29, 1.82) is 0 Å². The minimum absolute atomic E-state index is 0.0577. The third-order valence-corrected chi connectivity index (χ3v) is 6.65. The second-order valence-corrected chi connectivity index (χ2v) is 9.47. The van der Waals surface area contributed by atoms with E-state index in [1.807, 2.05) is 0 Å². The van der Waals surface area contributed by atoms with Gasteiger partial charge in [-0.05, 0) is 36.4 Å². The van der Waals surface area contributed by atoms with Crippen LogP contribution in [0.25, 0.3) is 33.5 Å². The van der Waals surface area contributed by atoms with Crippen molar-refractivity contribution in [3.8, 4) is 34.7 Å². The molecule has 0 aliphatic heterocycles. The SMILES string of the molecule is COc1cc(Cl)cc(C=Nn2c(-c3cc4c(OC)cccc4o3)nc3ccccc3c2=O)c1Oc1ccc([N+](=O)[O-])cn1. The van der Waals surface area contributed by atoms with Gasteiger partial charge in [0, 0.05) is 28.8 Å². The summed E-state index contributed by atoms with van der Waals surface area (Å²) >= 11 is 6.36. The Kier molecular flexibility index (Phi) is 7.18.